The lowest BCUT2D eigenvalue weighted by Gasteiger charge is -2.27. The number of rotatable bonds is 7. The molecule has 5 heteroatoms. The van der Waals surface area contributed by atoms with Crippen LogP contribution < -0.4 is 0 Å². The molecular formula is C11H20O5. The van der Waals surface area contributed by atoms with Gasteiger partial charge in [-0.1, -0.05) is 6.92 Å². The quantitative estimate of drug-likeness (QED) is 0.531. The number of aliphatic carboxylic acids is 1. The molecule has 0 radical (unpaired) electrons. The fourth-order valence-corrected chi connectivity index (χ4v) is 1.54. The van der Waals surface area contributed by atoms with E-state index in [0.29, 0.717) is 0 Å². The lowest BCUT2D eigenvalue weighted by molar-refractivity contribution is -0.171. The summed E-state index contributed by atoms with van der Waals surface area (Å²) in [7, 11) is 1.48. The van der Waals surface area contributed by atoms with Crippen molar-refractivity contribution in [3.8, 4) is 0 Å². The number of esters is 1. The van der Waals surface area contributed by atoms with Gasteiger partial charge < -0.3 is 14.6 Å². The largest absolute Gasteiger partial charge is 0.480 e. The molecule has 0 heterocycles. The van der Waals surface area contributed by atoms with Crippen LogP contribution >= 0.6 is 0 Å². The molecular weight excluding hydrogens is 212 g/mol. The maximum Gasteiger partial charge on any atom is 0.323 e. The van der Waals surface area contributed by atoms with Gasteiger partial charge in [0.1, 0.15) is 0 Å². The molecule has 0 fully saturated rings. The topological polar surface area (TPSA) is 72.8 Å². The van der Waals surface area contributed by atoms with E-state index >= 15 is 0 Å². The zero-order chi connectivity index (χ0) is 12.8. The summed E-state index contributed by atoms with van der Waals surface area (Å²) in [6, 6.07) is 0. The summed E-state index contributed by atoms with van der Waals surface area (Å²) < 4.78 is 9.84. The second-order valence-corrected chi connectivity index (χ2v) is 3.71. The van der Waals surface area contributed by atoms with Crippen molar-refractivity contribution in [2.24, 2.45) is 5.41 Å². The first-order valence-electron chi connectivity index (χ1n) is 5.38. The summed E-state index contributed by atoms with van der Waals surface area (Å²) in [6.45, 7) is 5.22. The highest BCUT2D eigenvalue weighted by Crippen LogP contribution is 2.31. The Kier molecular flexibility index (Phi) is 6.03. The second-order valence-electron chi connectivity index (χ2n) is 3.71. The van der Waals surface area contributed by atoms with Gasteiger partial charge in [-0.3, -0.25) is 9.59 Å². The van der Waals surface area contributed by atoms with Crippen LogP contribution in [0.2, 0.25) is 0 Å². The summed E-state index contributed by atoms with van der Waals surface area (Å²) >= 11 is 0. The van der Waals surface area contributed by atoms with Crippen LogP contribution in [0, 0.1) is 5.41 Å². The Balaban J connectivity index is 4.99. The molecule has 0 aliphatic carbocycles. The number of carboxylic acid groups (broad SMARTS) is 1. The van der Waals surface area contributed by atoms with Crippen molar-refractivity contribution in [3.63, 3.8) is 0 Å². The minimum Gasteiger partial charge on any atom is -0.480 e. The smallest absolute Gasteiger partial charge is 0.323 e. The van der Waals surface area contributed by atoms with Crippen LogP contribution in [0.5, 0.6) is 0 Å². The molecule has 0 bridgehead atoms. The number of methoxy groups -OCH3 is 1. The van der Waals surface area contributed by atoms with E-state index in [9.17, 15) is 14.7 Å². The molecule has 0 saturated carbocycles. The average molecular weight is 232 g/mol. The SMILES string of the molecule is CCOC(=O)C(CC)(CC(C)OC)C(=O)O. The molecule has 0 aliphatic rings. The summed E-state index contributed by atoms with van der Waals surface area (Å²) in [5.74, 6) is -1.84. The van der Waals surface area contributed by atoms with E-state index in [4.69, 9.17) is 9.47 Å². The molecule has 0 aromatic heterocycles. The molecule has 94 valence electrons. The van der Waals surface area contributed by atoms with Gasteiger partial charge in [-0.05, 0) is 20.3 Å². The van der Waals surface area contributed by atoms with Crippen molar-refractivity contribution in [1.29, 1.82) is 0 Å². The van der Waals surface area contributed by atoms with Crippen LogP contribution in [0.1, 0.15) is 33.6 Å². The van der Waals surface area contributed by atoms with E-state index in [2.05, 4.69) is 0 Å². The van der Waals surface area contributed by atoms with E-state index in [1.165, 1.54) is 7.11 Å². The molecule has 1 N–H and O–H groups in total. The van der Waals surface area contributed by atoms with Crippen LogP contribution in [-0.4, -0.2) is 36.9 Å². The molecule has 2 atom stereocenters. The molecule has 0 saturated heterocycles. The monoisotopic (exact) mass is 232 g/mol. The standard InChI is InChI=1S/C11H20O5/c1-5-11(9(12)13,7-8(3)15-4)10(14)16-6-2/h8H,5-7H2,1-4H3,(H,12,13). The van der Waals surface area contributed by atoms with Crippen LogP contribution in [-0.2, 0) is 19.1 Å². The van der Waals surface area contributed by atoms with Crippen molar-refractivity contribution < 1.29 is 24.2 Å². The first-order chi connectivity index (χ1) is 7.44. The van der Waals surface area contributed by atoms with Crippen molar-refractivity contribution in [2.75, 3.05) is 13.7 Å². The van der Waals surface area contributed by atoms with Gasteiger partial charge in [0.2, 0.25) is 0 Å². The Hall–Kier alpha value is -1.10. The summed E-state index contributed by atoms with van der Waals surface area (Å²) in [5, 5.41) is 9.21. The summed E-state index contributed by atoms with van der Waals surface area (Å²) in [4.78, 5) is 23.0. The Morgan fingerprint density at radius 3 is 2.25 bits per heavy atom. The van der Waals surface area contributed by atoms with Gasteiger partial charge in [0.05, 0.1) is 12.7 Å². The molecule has 0 spiro atoms. The fraction of sp³-hybridized carbons (Fsp3) is 0.818. The number of carbonyl (C=O) groups is 2. The molecule has 0 rings (SSSR count). The number of ether oxygens (including phenoxy) is 2. The molecule has 5 nitrogen and oxygen atoms in total. The molecule has 0 aliphatic heterocycles. The highest BCUT2D eigenvalue weighted by atomic mass is 16.5. The van der Waals surface area contributed by atoms with E-state index in [0.717, 1.165) is 0 Å². The lowest BCUT2D eigenvalue weighted by Crippen LogP contribution is -2.42. The Morgan fingerprint density at radius 1 is 1.38 bits per heavy atom. The second kappa shape index (κ2) is 6.48. The van der Waals surface area contributed by atoms with Gasteiger partial charge in [0.15, 0.2) is 5.41 Å². The number of carboxylic acids is 1. The summed E-state index contributed by atoms with van der Waals surface area (Å²) in [6.07, 6.45) is 0.00343. The van der Waals surface area contributed by atoms with Crippen molar-refractivity contribution in [2.45, 2.75) is 39.7 Å². The van der Waals surface area contributed by atoms with Gasteiger partial charge >= 0.3 is 11.9 Å². The van der Waals surface area contributed by atoms with Gasteiger partial charge in [0.25, 0.3) is 0 Å². The number of hydrogen-bond acceptors (Lipinski definition) is 4. The normalized spacial score (nSPS) is 16.2. The third kappa shape index (κ3) is 3.20. The summed E-state index contributed by atoms with van der Waals surface area (Å²) in [5.41, 5.74) is -1.49. The van der Waals surface area contributed by atoms with Crippen molar-refractivity contribution in [1.82, 2.24) is 0 Å². The van der Waals surface area contributed by atoms with Crippen LogP contribution in [0.4, 0.5) is 0 Å². The maximum absolute atomic E-state index is 11.7. The molecule has 0 aromatic carbocycles. The van der Waals surface area contributed by atoms with Crippen LogP contribution in [0.25, 0.3) is 0 Å². The van der Waals surface area contributed by atoms with Gasteiger partial charge in [-0.15, -0.1) is 0 Å². The molecule has 16 heavy (non-hydrogen) atoms. The Bertz CT molecular complexity index is 251. The zero-order valence-electron chi connectivity index (χ0n) is 10.3. The highest BCUT2D eigenvalue weighted by molar-refractivity contribution is 5.99. The Morgan fingerprint density at radius 2 is 1.94 bits per heavy atom. The minimum atomic E-state index is -1.49. The predicted molar refractivity (Wildman–Crippen MR) is 58.1 cm³/mol. The number of carbonyl (C=O) groups excluding carboxylic acids is 1. The minimum absolute atomic E-state index is 0.119. The van der Waals surface area contributed by atoms with Gasteiger partial charge in [-0.2, -0.15) is 0 Å². The van der Waals surface area contributed by atoms with Crippen molar-refractivity contribution >= 4 is 11.9 Å². The van der Waals surface area contributed by atoms with Crippen molar-refractivity contribution in [3.05, 3.63) is 0 Å². The van der Waals surface area contributed by atoms with Crippen LogP contribution in [0.3, 0.4) is 0 Å². The highest BCUT2D eigenvalue weighted by Gasteiger charge is 2.47. The van der Waals surface area contributed by atoms with E-state index in [1.807, 2.05) is 0 Å². The fourth-order valence-electron chi connectivity index (χ4n) is 1.54. The van der Waals surface area contributed by atoms with E-state index in [1.54, 1.807) is 20.8 Å². The predicted octanol–water partition coefficient (Wildman–Crippen LogP) is 1.46. The molecule has 2 unspecified atom stereocenters. The maximum atomic E-state index is 11.7. The van der Waals surface area contributed by atoms with Gasteiger partial charge in [0, 0.05) is 13.5 Å². The first-order valence-corrected chi connectivity index (χ1v) is 5.38. The number of hydrogen-bond donors (Lipinski definition) is 1. The average Bonchev–Trinajstić information content (AvgIpc) is 2.25. The third-order valence-electron chi connectivity index (χ3n) is 2.72. The molecule has 0 amide bonds. The third-order valence-corrected chi connectivity index (χ3v) is 2.72. The Labute approximate surface area is 95.7 Å². The first kappa shape index (κ1) is 14.9. The lowest BCUT2D eigenvalue weighted by atomic mass is 9.80. The van der Waals surface area contributed by atoms with E-state index in [-0.39, 0.29) is 25.6 Å². The van der Waals surface area contributed by atoms with Crippen LogP contribution in [0.15, 0.2) is 0 Å². The van der Waals surface area contributed by atoms with Gasteiger partial charge in [-0.25, -0.2) is 0 Å². The van der Waals surface area contributed by atoms with E-state index < -0.39 is 17.4 Å². The zero-order valence-corrected chi connectivity index (χ0v) is 10.3. The molecule has 0 aromatic rings.